The summed E-state index contributed by atoms with van der Waals surface area (Å²) in [5.41, 5.74) is 9.25. The quantitative estimate of drug-likeness (QED) is 0.745. The molecule has 0 aliphatic rings. The Morgan fingerprint density at radius 1 is 1.18 bits per heavy atom. The van der Waals surface area contributed by atoms with Gasteiger partial charge in [0.05, 0.1) is 23.6 Å². The van der Waals surface area contributed by atoms with E-state index in [1.54, 1.807) is 6.07 Å². The van der Waals surface area contributed by atoms with Crippen molar-refractivity contribution in [3.05, 3.63) is 63.9 Å². The van der Waals surface area contributed by atoms with E-state index >= 15 is 0 Å². The lowest BCUT2D eigenvalue weighted by Gasteiger charge is -2.14. The number of benzene rings is 2. The number of nitrogens with two attached hydrogens (primary N) is 1. The van der Waals surface area contributed by atoms with Crippen LogP contribution in [0.4, 0.5) is 0 Å². The van der Waals surface area contributed by atoms with Crippen molar-refractivity contribution in [2.75, 3.05) is 0 Å². The van der Waals surface area contributed by atoms with E-state index in [4.69, 9.17) is 33.9 Å². The predicted octanol–water partition coefficient (Wildman–Crippen LogP) is 4.80. The van der Waals surface area contributed by atoms with Crippen LogP contribution >= 0.6 is 23.2 Å². The number of aromatic nitrogens is 2. The molecule has 0 saturated heterocycles. The zero-order chi connectivity index (χ0) is 15.7. The number of halogens is 2. The lowest BCUT2D eigenvalue weighted by atomic mass is 10.2. The maximum atomic E-state index is 6.31. The third kappa shape index (κ3) is 2.84. The molecule has 0 radical (unpaired) electrons. The van der Waals surface area contributed by atoms with Crippen molar-refractivity contribution < 1.29 is 0 Å². The van der Waals surface area contributed by atoms with E-state index in [0.717, 1.165) is 28.8 Å². The maximum Gasteiger partial charge on any atom is 0.127 e. The molecule has 3 nitrogen and oxygen atoms in total. The van der Waals surface area contributed by atoms with Crippen LogP contribution in [-0.2, 0) is 6.54 Å². The second-order valence-corrected chi connectivity index (χ2v) is 6.14. The highest BCUT2D eigenvalue weighted by atomic mass is 35.5. The zero-order valence-electron chi connectivity index (χ0n) is 12.3. The molecule has 22 heavy (non-hydrogen) atoms. The lowest BCUT2D eigenvalue weighted by molar-refractivity contribution is 0.605. The number of imidazole rings is 1. The van der Waals surface area contributed by atoms with Gasteiger partial charge >= 0.3 is 0 Å². The number of hydrogen-bond donors (Lipinski definition) is 1. The molecule has 3 rings (SSSR count). The van der Waals surface area contributed by atoms with E-state index in [1.165, 1.54) is 0 Å². The van der Waals surface area contributed by atoms with E-state index in [-0.39, 0.29) is 6.04 Å². The van der Waals surface area contributed by atoms with Gasteiger partial charge in [0, 0.05) is 10.0 Å². The fourth-order valence-electron chi connectivity index (χ4n) is 2.55. The Bertz CT molecular complexity index is 811. The maximum absolute atomic E-state index is 6.31. The van der Waals surface area contributed by atoms with E-state index in [2.05, 4.69) is 17.6 Å². The molecule has 0 spiro atoms. The van der Waals surface area contributed by atoms with Crippen molar-refractivity contribution >= 4 is 34.2 Å². The highest BCUT2D eigenvalue weighted by molar-refractivity contribution is 6.35. The third-order valence-corrected chi connectivity index (χ3v) is 4.39. The van der Waals surface area contributed by atoms with Crippen molar-refractivity contribution in [1.82, 2.24) is 9.55 Å². The van der Waals surface area contributed by atoms with Crippen LogP contribution < -0.4 is 5.73 Å². The molecule has 3 aromatic rings. The van der Waals surface area contributed by atoms with Gasteiger partial charge in [0.25, 0.3) is 0 Å². The van der Waals surface area contributed by atoms with E-state index in [1.807, 2.05) is 30.3 Å². The highest BCUT2D eigenvalue weighted by Gasteiger charge is 2.16. The summed E-state index contributed by atoms with van der Waals surface area (Å²) in [7, 11) is 0. The van der Waals surface area contributed by atoms with Gasteiger partial charge in [0.15, 0.2) is 0 Å². The van der Waals surface area contributed by atoms with E-state index < -0.39 is 0 Å². The molecule has 1 unspecified atom stereocenters. The minimum atomic E-state index is -0.0986. The topological polar surface area (TPSA) is 43.8 Å². The van der Waals surface area contributed by atoms with Crippen molar-refractivity contribution in [3.8, 4) is 0 Å². The summed E-state index contributed by atoms with van der Waals surface area (Å²) in [6.45, 7) is 2.68. The Kier molecular flexibility index (Phi) is 4.39. The Balaban J connectivity index is 2.11. The average Bonchev–Trinajstić information content (AvgIpc) is 2.88. The minimum Gasteiger partial charge on any atom is -0.322 e. The molecule has 0 saturated carbocycles. The van der Waals surface area contributed by atoms with E-state index in [9.17, 15) is 0 Å². The van der Waals surface area contributed by atoms with Crippen molar-refractivity contribution in [1.29, 1.82) is 0 Å². The standard InChI is InChI=1S/C17H17Cl2N3/c1-2-14(20)17-21-15-5-3-4-6-16(15)22(17)10-11-7-8-12(18)9-13(11)19/h3-9,14H,2,10,20H2,1H3. The largest absolute Gasteiger partial charge is 0.322 e. The molecule has 1 atom stereocenters. The van der Waals surface area contributed by atoms with Gasteiger partial charge in [0.2, 0.25) is 0 Å². The number of nitrogens with zero attached hydrogens (tertiary/aromatic N) is 2. The molecular formula is C17H17Cl2N3. The molecule has 1 aromatic heterocycles. The lowest BCUT2D eigenvalue weighted by Crippen LogP contribution is -2.16. The Morgan fingerprint density at radius 3 is 2.68 bits per heavy atom. The van der Waals surface area contributed by atoms with Gasteiger partial charge in [-0.15, -0.1) is 0 Å². The van der Waals surface area contributed by atoms with Gasteiger partial charge in [-0.05, 0) is 36.2 Å². The zero-order valence-corrected chi connectivity index (χ0v) is 13.8. The van der Waals surface area contributed by atoms with Gasteiger partial charge in [-0.1, -0.05) is 48.3 Å². The predicted molar refractivity (Wildman–Crippen MR) is 92.5 cm³/mol. The van der Waals surface area contributed by atoms with Crippen molar-refractivity contribution in [2.24, 2.45) is 5.73 Å². The van der Waals surface area contributed by atoms with Crippen LogP contribution in [-0.4, -0.2) is 9.55 Å². The first-order valence-electron chi connectivity index (χ1n) is 7.24. The summed E-state index contributed by atoms with van der Waals surface area (Å²) < 4.78 is 2.14. The van der Waals surface area contributed by atoms with Crippen molar-refractivity contribution in [3.63, 3.8) is 0 Å². The number of hydrogen-bond acceptors (Lipinski definition) is 2. The summed E-state index contributed by atoms with van der Waals surface area (Å²) in [4.78, 5) is 4.70. The molecule has 0 amide bonds. The van der Waals surface area contributed by atoms with Gasteiger partial charge < -0.3 is 10.3 Å². The first kappa shape index (κ1) is 15.3. The first-order chi connectivity index (χ1) is 10.6. The Hall–Kier alpha value is -1.55. The molecule has 114 valence electrons. The van der Waals surface area contributed by atoms with Gasteiger partial charge in [-0.2, -0.15) is 0 Å². The van der Waals surface area contributed by atoms with Crippen LogP contribution in [0.2, 0.25) is 10.0 Å². The molecule has 0 fully saturated rings. The highest BCUT2D eigenvalue weighted by Crippen LogP contribution is 2.26. The number of fused-ring (bicyclic) bond motifs is 1. The SMILES string of the molecule is CCC(N)c1nc2ccccc2n1Cc1ccc(Cl)cc1Cl. The smallest absolute Gasteiger partial charge is 0.127 e. The Labute approximate surface area is 139 Å². The summed E-state index contributed by atoms with van der Waals surface area (Å²) in [5, 5.41) is 1.29. The molecular weight excluding hydrogens is 317 g/mol. The molecule has 0 aliphatic carbocycles. The average molecular weight is 334 g/mol. The number of rotatable bonds is 4. The summed E-state index contributed by atoms with van der Waals surface area (Å²) in [6.07, 6.45) is 0.831. The molecule has 0 aliphatic heterocycles. The van der Waals surface area contributed by atoms with E-state index in [0.29, 0.717) is 16.6 Å². The second kappa shape index (κ2) is 6.29. The van der Waals surface area contributed by atoms with Crippen LogP contribution in [0.25, 0.3) is 11.0 Å². The van der Waals surface area contributed by atoms with Gasteiger partial charge in [0.1, 0.15) is 5.82 Å². The first-order valence-corrected chi connectivity index (χ1v) is 8.00. The second-order valence-electron chi connectivity index (χ2n) is 5.30. The van der Waals surface area contributed by atoms with Gasteiger partial charge in [-0.3, -0.25) is 0 Å². The minimum absolute atomic E-state index is 0.0986. The summed E-state index contributed by atoms with van der Waals surface area (Å²) >= 11 is 12.3. The normalized spacial score (nSPS) is 12.7. The van der Waals surface area contributed by atoms with Crippen molar-refractivity contribution in [2.45, 2.75) is 25.9 Å². The third-order valence-electron chi connectivity index (χ3n) is 3.80. The molecule has 5 heteroatoms. The molecule has 1 heterocycles. The van der Waals surface area contributed by atoms with Crippen LogP contribution in [0.5, 0.6) is 0 Å². The summed E-state index contributed by atoms with van der Waals surface area (Å²) in [5.74, 6) is 0.884. The monoisotopic (exact) mass is 333 g/mol. The fraction of sp³-hybridized carbons (Fsp3) is 0.235. The summed E-state index contributed by atoms with van der Waals surface area (Å²) in [6, 6.07) is 13.5. The fourth-order valence-corrected chi connectivity index (χ4v) is 3.01. The van der Waals surface area contributed by atoms with Gasteiger partial charge in [-0.25, -0.2) is 4.98 Å². The number of para-hydroxylation sites is 2. The van der Waals surface area contributed by atoms with Crippen LogP contribution in [0, 0.1) is 0 Å². The molecule has 2 aromatic carbocycles. The Morgan fingerprint density at radius 2 is 1.95 bits per heavy atom. The van der Waals surface area contributed by atoms with Crippen LogP contribution in [0.1, 0.15) is 30.8 Å². The van der Waals surface area contributed by atoms with Crippen LogP contribution in [0.3, 0.4) is 0 Å². The van der Waals surface area contributed by atoms with Crippen LogP contribution in [0.15, 0.2) is 42.5 Å². The molecule has 2 N–H and O–H groups in total. The molecule has 0 bridgehead atoms.